The quantitative estimate of drug-likeness (QED) is 0.944. The van der Waals surface area contributed by atoms with Crippen LogP contribution in [0.5, 0.6) is 0 Å². The fraction of sp³-hybridized carbons (Fsp3) is 0.412. The van der Waals surface area contributed by atoms with Gasteiger partial charge in [0.15, 0.2) is 0 Å². The molecule has 22 heavy (non-hydrogen) atoms. The minimum atomic E-state index is -0.517. The van der Waals surface area contributed by atoms with Crippen molar-refractivity contribution in [2.45, 2.75) is 43.7 Å². The summed E-state index contributed by atoms with van der Waals surface area (Å²) in [7, 11) is 0. The molecule has 0 radical (unpaired) electrons. The van der Waals surface area contributed by atoms with E-state index in [4.69, 9.17) is 0 Å². The molecule has 0 saturated heterocycles. The lowest BCUT2D eigenvalue weighted by molar-refractivity contribution is -0.124. The lowest BCUT2D eigenvalue weighted by Gasteiger charge is -2.27. The molecule has 2 aromatic rings. The van der Waals surface area contributed by atoms with Crippen molar-refractivity contribution in [1.82, 2.24) is 14.9 Å². The fourth-order valence-corrected chi connectivity index (χ4v) is 3.37. The minimum absolute atomic E-state index is 0.0339. The summed E-state index contributed by atoms with van der Waals surface area (Å²) >= 11 is 0. The zero-order chi connectivity index (χ0) is 15.2. The summed E-state index contributed by atoms with van der Waals surface area (Å²) in [4.78, 5) is 17.0. The average molecular weight is 299 g/mol. The third-order valence-corrected chi connectivity index (χ3v) is 4.83. The second kappa shape index (κ2) is 4.93. The number of carbonyl (C=O) groups is 1. The van der Waals surface area contributed by atoms with Gasteiger partial charge in [-0.05, 0) is 37.0 Å². The van der Waals surface area contributed by atoms with Gasteiger partial charge in [0.1, 0.15) is 11.6 Å². The summed E-state index contributed by atoms with van der Waals surface area (Å²) in [5.41, 5.74) is 0.279. The Labute approximate surface area is 128 Å². The highest BCUT2D eigenvalue weighted by Gasteiger charge is 2.51. The molecular formula is C17H18FN3O. The van der Waals surface area contributed by atoms with Crippen LogP contribution in [0.15, 0.2) is 36.7 Å². The molecule has 2 heterocycles. The molecular weight excluding hydrogens is 281 g/mol. The van der Waals surface area contributed by atoms with E-state index in [1.54, 1.807) is 12.3 Å². The van der Waals surface area contributed by atoms with Gasteiger partial charge in [0.05, 0.1) is 5.41 Å². The number of aryl methyl sites for hydroxylation is 1. The highest BCUT2D eigenvalue weighted by molar-refractivity contribution is 5.91. The lowest BCUT2D eigenvalue weighted by atomic mass is 9.94. The van der Waals surface area contributed by atoms with Crippen molar-refractivity contribution >= 4 is 5.91 Å². The highest BCUT2D eigenvalue weighted by atomic mass is 19.1. The van der Waals surface area contributed by atoms with Crippen LogP contribution in [-0.4, -0.2) is 21.5 Å². The van der Waals surface area contributed by atoms with Crippen molar-refractivity contribution in [2.24, 2.45) is 0 Å². The van der Waals surface area contributed by atoms with Crippen molar-refractivity contribution < 1.29 is 9.18 Å². The Morgan fingerprint density at radius 3 is 3.05 bits per heavy atom. The molecule has 1 amide bonds. The van der Waals surface area contributed by atoms with E-state index in [0.717, 1.165) is 43.6 Å². The minimum Gasteiger partial charge on any atom is -0.351 e. The number of hydrogen-bond acceptors (Lipinski definition) is 2. The number of nitrogens with zero attached hydrogens (tertiary/aromatic N) is 2. The molecule has 1 atom stereocenters. The molecule has 5 heteroatoms. The van der Waals surface area contributed by atoms with E-state index >= 15 is 0 Å². The Morgan fingerprint density at radius 2 is 2.27 bits per heavy atom. The maximum atomic E-state index is 13.4. The van der Waals surface area contributed by atoms with Gasteiger partial charge in [0, 0.05) is 31.4 Å². The molecule has 2 aliphatic rings. The van der Waals surface area contributed by atoms with E-state index < -0.39 is 5.41 Å². The molecule has 4 nitrogen and oxygen atoms in total. The summed E-state index contributed by atoms with van der Waals surface area (Å²) in [6.07, 6.45) is 7.13. The Balaban J connectivity index is 1.49. The Hall–Kier alpha value is -2.17. The number of carbonyl (C=O) groups excluding carboxylic acids is 1. The normalized spacial score (nSPS) is 22.0. The van der Waals surface area contributed by atoms with Gasteiger partial charge in [-0.15, -0.1) is 0 Å². The predicted octanol–water partition coefficient (Wildman–Crippen LogP) is 2.18. The number of benzene rings is 1. The van der Waals surface area contributed by atoms with Crippen molar-refractivity contribution in [3.63, 3.8) is 0 Å². The van der Waals surface area contributed by atoms with Gasteiger partial charge in [-0.3, -0.25) is 4.79 Å². The van der Waals surface area contributed by atoms with Gasteiger partial charge in [-0.1, -0.05) is 12.1 Å². The van der Waals surface area contributed by atoms with E-state index in [1.807, 2.05) is 12.3 Å². The zero-order valence-corrected chi connectivity index (χ0v) is 12.3. The number of aromatic nitrogens is 2. The van der Waals surface area contributed by atoms with Gasteiger partial charge in [-0.2, -0.15) is 0 Å². The van der Waals surface area contributed by atoms with Crippen LogP contribution in [0.3, 0.4) is 0 Å². The number of fused-ring (bicyclic) bond motifs is 1. The SMILES string of the molecule is O=C(N[C@@H]1CCc2nccn2C1)C1(c2cccc(F)c2)CC1. The second-order valence-electron chi connectivity index (χ2n) is 6.30. The number of amides is 1. The summed E-state index contributed by atoms with van der Waals surface area (Å²) < 4.78 is 15.5. The van der Waals surface area contributed by atoms with Crippen LogP contribution in [0.4, 0.5) is 4.39 Å². The van der Waals surface area contributed by atoms with E-state index in [1.165, 1.54) is 12.1 Å². The first-order valence-electron chi connectivity index (χ1n) is 7.74. The van der Waals surface area contributed by atoms with E-state index in [9.17, 15) is 9.18 Å². The first kappa shape index (κ1) is 13.5. The smallest absolute Gasteiger partial charge is 0.230 e. The zero-order valence-electron chi connectivity index (χ0n) is 12.3. The summed E-state index contributed by atoms with van der Waals surface area (Å²) in [6.45, 7) is 0.764. The summed E-state index contributed by atoms with van der Waals surface area (Å²) in [5, 5.41) is 3.16. The maximum absolute atomic E-state index is 13.4. The summed E-state index contributed by atoms with van der Waals surface area (Å²) in [6, 6.07) is 6.56. The van der Waals surface area contributed by atoms with Gasteiger partial charge < -0.3 is 9.88 Å². The lowest BCUT2D eigenvalue weighted by Crippen LogP contribution is -2.45. The Morgan fingerprint density at radius 1 is 1.41 bits per heavy atom. The van der Waals surface area contributed by atoms with Crippen LogP contribution in [0.1, 0.15) is 30.7 Å². The Bertz CT molecular complexity index is 720. The third-order valence-electron chi connectivity index (χ3n) is 4.83. The molecule has 0 bridgehead atoms. The average Bonchev–Trinajstić information content (AvgIpc) is 3.20. The molecule has 1 saturated carbocycles. The number of hydrogen-bond donors (Lipinski definition) is 1. The standard InChI is InChI=1S/C17H18FN3O/c18-13-3-1-2-12(10-13)17(6-7-17)16(22)20-14-4-5-15-19-8-9-21(15)11-14/h1-3,8-10,14H,4-7,11H2,(H,20,22)/t14-/m1/s1. The number of imidazole rings is 1. The molecule has 4 rings (SSSR count). The monoisotopic (exact) mass is 299 g/mol. The van der Waals surface area contributed by atoms with Crippen LogP contribution in [0, 0.1) is 5.82 Å². The molecule has 1 aromatic carbocycles. The number of nitrogens with one attached hydrogen (secondary N) is 1. The molecule has 1 N–H and O–H groups in total. The molecule has 1 aliphatic carbocycles. The maximum Gasteiger partial charge on any atom is 0.230 e. The van der Waals surface area contributed by atoms with Gasteiger partial charge >= 0.3 is 0 Å². The third kappa shape index (κ3) is 2.21. The van der Waals surface area contributed by atoms with Crippen LogP contribution in [0.2, 0.25) is 0 Å². The van der Waals surface area contributed by atoms with Gasteiger partial charge in [0.2, 0.25) is 5.91 Å². The molecule has 0 spiro atoms. The van der Waals surface area contributed by atoms with Crippen molar-refractivity contribution in [3.05, 3.63) is 53.9 Å². The second-order valence-corrected chi connectivity index (χ2v) is 6.30. The molecule has 1 aromatic heterocycles. The fourth-order valence-electron chi connectivity index (χ4n) is 3.37. The van der Waals surface area contributed by atoms with Gasteiger partial charge in [-0.25, -0.2) is 9.37 Å². The Kier molecular flexibility index (Phi) is 3.03. The van der Waals surface area contributed by atoms with Crippen LogP contribution < -0.4 is 5.32 Å². The highest BCUT2D eigenvalue weighted by Crippen LogP contribution is 2.48. The molecule has 0 unspecified atom stereocenters. The van der Waals surface area contributed by atoms with Crippen LogP contribution >= 0.6 is 0 Å². The van der Waals surface area contributed by atoms with Crippen molar-refractivity contribution in [2.75, 3.05) is 0 Å². The van der Waals surface area contributed by atoms with Crippen molar-refractivity contribution in [3.8, 4) is 0 Å². The number of rotatable bonds is 3. The first-order valence-corrected chi connectivity index (χ1v) is 7.74. The predicted molar refractivity (Wildman–Crippen MR) is 79.8 cm³/mol. The van der Waals surface area contributed by atoms with Gasteiger partial charge in [0.25, 0.3) is 0 Å². The van der Waals surface area contributed by atoms with Crippen LogP contribution in [0.25, 0.3) is 0 Å². The topological polar surface area (TPSA) is 46.9 Å². The van der Waals surface area contributed by atoms with Crippen molar-refractivity contribution in [1.29, 1.82) is 0 Å². The van der Waals surface area contributed by atoms with E-state index in [0.29, 0.717) is 0 Å². The molecule has 114 valence electrons. The number of halogens is 1. The van der Waals surface area contributed by atoms with E-state index in [-0.39, 0.29) is 17.8 Å². The first-order chi connectivity index (χ1) is 10.7. The molecule has 1 aliphatic heterocycles. The molecule has 1 fully saturated rings. The van der Waals surface area contributed by atoms with E-state index in [2.05, 4.69) is 14.9 Å². The largest absolute Gasteiger partial charge is 0.351 e. The van der Waals surface area contributed by atoms with Crippen LogP contribution in [-0.2, 0) is 23.2 Å². The summed E-state index contributed by atoms with van der Waals surface area (Å²) in [5.74, 6) is 0.834.